The van der Waals surface area contributed by atoms with Gasteiger partial charge >= 0.3 is 0 Å². The lowest BCUT2D eigenvalue weighted by atomic mass is 10.0. The number of carbonyl (C=O) groups is 1. The van der Waals surface area contributed by atoms with Gasteiger partial charge in [-0.1, -0.05) is 0 Å². The highest BCUT2D eigenvalue weighted by atomic mass is 16.3. The van der Waals surface area contributed by atoms with Crippen LogP contribution < -0.4 is 4.90 Å². The van der Waals surface area contributed by atoms with Crippen LogP contribution in [0.25, 0.3) is 0 Å². The molecule has 1 atom stereocenters. The first-order chi connectivity index (χ1) is 10.1. The molecule has 0 bridgehead atoms. The van der Waals surface area contributed by atoms with E-state index in [0.29, 0.717) is 31.8 Å². The molecule has 6 nitrogen and oxygen atoms in total. The molecule has 3 rings (SSSR count). The van der Waals surface area contributed by atoms with E-state index in [-0.39, 0.29) is 5.91 Å². The van der Waals surface area contributed by atoms with Crippen molar-refractivity contribution in [1.29, 1.82) is 0 Å². The molecule has 21 heavy (non-hydrogen) atoms. The zero-order valence-corrected chi connectivity index (χ0v) is 12.4. The van der Waals surface area contributed by atoms with Crippen LogP contribution in [0.15, 0.2) is 18.6 Å². The van der Waals surface area contributed by atoms with Crippen LogP contribution in [0.2, 0.25) is 0 Å². The quantitative estimate of drug-likeness (QED) is 0.863. The third-order valence-electron chi connectivity index (χ3n) is 4.32. The molecule has 1 aliphatic heterocycles. The van der Waals surface area contributed by atoms with Gasteiger partial charge in [0.1, 0.15) is 11.4 Å². The Labute approximate surface area is 124 Å². The molecule has 114 valence electrons. The Morgan fingerprint density at radius 3 is 3.00 bits per heavy atom. The second-order valence-electron chi connectivity index (χ2n) is 6.36. The highest BCUT2D eigenvalue weighted by molar-refractivity contribution is 5.76. The van der Waals surface area contributed by atoms with Crippen LogP contribution >= 0.6 is 0 Å². The van der Waals surface area contributed by atoms with E-state index < -0.39 is 5.60 Å². The van der Waals surface area contributed by atoms with E-state index in [1.54, 1.807) is 30.5 Å². The summed E-state index contributed by atoms with van der Waals surface area (Å²) in [4.78, 5) is 24.1. The molecule has 1 aromatic heterocycles. The molecule has 0 spiro atoms. The minimum atomic E-state index is -0.856. The van der Waals surface area contributed by atoms with Gasteiger partial charge in [-0.3, -0.25) is 9.78 Å². The van der Waals surface area contributed by atoms with Gasteiger partial charge in [0.05, 0.1) is 12.7 Å². The fourth-order valence-electron chi connectivity index (χ4n) is 2.89. The van der Waals surface area contributed by atoms with Gasteiger partial charge in [0.25, 0.3) is 0 Å². The van der Waals surface area contributed by atoms with Gasteiger partial charge in [0.15, 0.2) is 0 Å². The highest BCUT2D eigenvalue weighted by Gasteiger charge is 2.39. The van der Waals surface area contributed by atoms with Crippen molar-refractivity contribution in [2.45, 2.75) is 31.3 Å². The third-order valence-corrected chi connectivity index (χ3v) is 4.32. The Kier molecular flexibility index (Phi) is 3.80. The van der Waals surface area contributed by atoms with E-state index in [4.69, 9.17) is 0 Å². The molecule has 0 unspecified atom stereocenters. The summed E-state index contributed by atoms with van der Waals surface area (Å²) in [6.45, 7) is 1.61. The number of aliphatic hydroxyl groups is 1. The van der Waals surface area contributed by atoms with E-state index >= 15 is 0 Å². The standard InChI is InChI=1S/C15H22N4O2/c1-18(14(20)8-12-2-3-12)10-15(21)4-7-19(11-15)13-9-16-5-6-17-13/h5-6,9,12,21H,2-4,7-8,10-11H2,1H3/t15-/m0/s1. The van der Waals surface area contributed by atoms with Crippen LogP contribution in [0.3, 0.4) is 0 Å². The normalized spacial score (nSPS) is 25.1. The van der Waals surface area contributed by atoms with Crippen molar-refractivity contribution in [2.75, 3.05) is 31.6 Å². The summed E-state index contributed by atoms with van der Waals surface area (Å²) in [6.07, 6.45) is 8.60. The van der Waals surface area contributed by atoms with E-state index in [1.165, 1.54) is 12.8 Å². The number of likely N-dealkylation sites (N-methyl/N-ethyl adjacent to an activating group) is 1. The SMILES string of the molecule is CN(C[C@@]1(O)CCN(c2cnccn2)C1)C(=O)CC1CC1. The first-order valence-corrected chi connectivity index (χ1v) is 7.53. The topological polar surface area (TPSA) is 69.6 Å². The molecule has 1 saturated heterocycles. The lowest BCUT2D eigenvalue weighted by Crippen LogP contribution is -2.46. The zero-order chi connectivity index (χ0) is 14.9. The summed E-state index contributed by atoms with van der Waals surface area (Å²) >= 11 is 0. The van der Waals surface area contributed by atoms with Gasteiger partial charge in [0.2, 0.25) is 5.91 Å². The first kappa shape index (κ1) is 14.3. The minimum absolute atomic E-state index is 0.142. The Hall–Kier alpha value is -1.69. The molecular weight excluding hydrogens is 268 g/mol. The van der Waals surface area contributed by atoms with Crippen LogP contribution in [0.4, 0.5) is 5.82 Å². The van der Waals surface area contributed by atoms with Crippen molar-refractivity contribution in [2.24, 2.45) is 5.92 Å². The number of nitrogens with zero attached hydrogens (tertiary/aromatic N) is 4. The number of amides is 1. The maximum absolute atomic E-state index is 12.1. The average Bonchev–Trinajstić information content (AvgIpc) is 3.20. The Balaban J connectivity index is 1.56. The number of hydrogen-bond acceptors (Lipinski definition) is 5. The smallest absolute Gasteiger partial charge is 0.222 e. The fraction of sp³-hybridized carbons (Fsp3) is 0.667. The van der Waals surface area contributed by atoms with Gasteiger partial charge in [-0.05, 0) is 25.2 Å². The van der Waals surface area contributed by atoms with Crippen molar-refractivity contribution >= 4 is 11.7 Å². The molecule has 1 saturated carbocycles. The fourth-order valence-corrected chi connectivity index (χ4v) is 2.89. The molecule has 1 aliphatic carbocycles. The molecule has 6 heteroatoms. The van der Waals surface area contributed by atoms with E-state index in [2.05, 4.69) is 9.97 Å². The summed E-state index contributed by atoms with van der Waals surface area (Å²) in [7, 11) is 1.79. The van der Waals surface area contributed by atoms with E-state index in [9.17, 15) is 9.90 Å². The van der Waals surface area contributed by atoms with Crippen molar-refractivity contribution in [1.82, 2.24) is 14.9 Å². The van der Waals surface area contributed by atoms with Gasteiger partial charge in [-0.25, -0.2) is 4.98 Å². The predicted octanol–water partition coefficient (Wildman–Crippen LogP) is 0.676. The van der Waals surface area contributed by atoms with Crippen molar-refractivity contribution in [3.63, 3.8) is 0 Å². The molecule has 1 amide bonds. The number of anilines is 1. The lowest BCUT2D eigenvalue weighted by molar-refractivity contribution is -0.133. The number of aromatic nitrogens is 2. The molecule has 0 radical (unpaired) electrons. The molecule has 2 heterocycles. The lowest BCUT2D eigenvalue weighted by Gasteiger charge is -2.29. The summed E-state index contributed by atoms with van der Waals surface area (Å²) in [5.41, 5.74) is -0.856. The van der Waals surface area contributed by atoms with Gasteiger partial charge in [-0.2, -0.15) is 0 Å². The summed E-state index contributed by atoms with van der Waals surface area (Å²) in [5.74, 6) is 1.50. The highest BCUT2D eigenvalue weighted by Crippen LogP contribution is 2.33. The number of carbonyl (C=O) groups excluding carboxylic acids is 1. The number of rotatable bonds is 5. The summed E-state index contributed by atoms with van der Waals surface area (Å²) < 4.78 is 0. The maximum Gasteiger partial charge on any atom is 0.222 e. The van der Waals surface area contributed by atoms with Crippen molar-refractivity contribution in [3.8, 4) is 0 Å². The average molecular weight is 290 g/mol. The van der Waals surface area contributed by atoms with E-state index in [1.807, 2.05) is 4.90 Å². The van der Waals surface area contributed by atoms with Crippen molar-refractivity contribution in [3.05, 3.63) is 18.6 Å². The van der Waals surface area contributed by atoms with Crippen LogP contribution in [0, 0.1) is 5.92 Å². The maximum atomic E-state index is 12.1. The Morgan fingerprint density at radius 1 is 1.52 bits per heavy atom. The minimum Gasteiger partial charge on any atom is -0.386 e. The van der Waals surface area contributed by atoms with Gasteiger partial charge < -0.3 is 14.9 Å². The van der Waals surface area contributed by atoms with Crippen LogP contribution in [0.1, 0.15) is 25.7 Å². The van der Waals surface area contributed by atoms with Crippen LogP contribution in [-0.4, -0.2) is 58.2 Å². The summed E-state index contributed by atoms with van der Waals surface area (Å²) in [5, 5.41) is 10.7. The zero-order valence-electron chi connectivity index (χ0n) is 12.4. The van der Waals surface area contributed by atoms with Crippen molar-refractivity contribution < 1.29 is 9.90 Å². The second-order valence-corrected chi connectivity index (χ2v) is 6.36. The number of hydrogen-bond donors (Lipinski definition) is 1. The largest absolute Gasteiger partial charge is 0.386 e. The predicted molar refractivity (Wildman–Crippen MR) is 78.8 cm³/mol. The first-order valence-electron chi connectivity index (χ1n) is 7.53. The van der Waals surface area contributed by atoms with Crippen LogP contribution in [-0.2, 0) is 4.79 Å². The molecule has 2 fully saturated rings. The molecule has 2 aliphatic rings. The number of β-amino-alcohol motifs (C(OH)–C–C–N with tert-alkyl or cyclic N) is 1. The van der Waals surface area contributed by atoms with Gasteiger partial charge in [-0.15, -0.1) is 0 Å². The monoisotopic (exact) mass is 290 g/mol. The molecule has 0 aromatic carbocycles. The second kappa shape index (κ2) is 5.60. The Morgan fingerprint density at radius 2 is 2.33 bits per heavy atom. The van der Waals surface area contributed by atoms with Gasteiger partial charge in [0, 0.05) is 39.0 Å². The van der Waals surface area contributed by atoms with E-state index in [0.717, 1.165) is 12.4 Å². The van der Waals surface area contributed by atoms with Crippen LogP contribution in [0.5, 0.6) is 0 Å². The molecule has 1 N–H and O–H groups in total. The summed E-state index contributed by atoms with van der Waals surface area (Å²) in [6, 6.07) is 0. The molecular formula is C15H22N4O2. The molecule has 1 aromatic rings. The Bertz CT molecular complexity index is 506. The third kappa shape index (κ3) is 3.50.